The van der Waals surface area contributed by atoms with Gasteiger partial charge in [0.2, 0.25) is 0 Å². The molecule has 0 aliphatic heterocycles. The molecule has 1 saturated carbocycles. The molecule has 1 aliphatic carbocycles. The minimum atomic E-state index is 0.740. The Morgan fingerprint density at radius 1 is 1.21 bits per heavy atom. The highest BCUT2D eigenvalue weighted by molar-refractivity contribution is 5.28. The van der Waals surface area contributed by atoms with Gasteiger partial charge in [0.15, 0.2) is 0 Å². The molecule has 0 unspecified atom stereocenters. The van der Waals surface area contributed by atoms with E-state index < -0.39 is 0 Å². The Balaban J connectivity index is 1.65. The summed E-state index contributed by atoms with van der Waals surface area (Å²) < 4.78 is 2.03. The standard InChI is InChI=1S/C16H21N3/c1-12-7-13(2)9-14(8-12)11-19-6-5-16(18-19)10-17-15-3-4-15/h5-9,15,17H,3-4,10-11H2,1-2H3. The minimum Gasteiger partial charge on any atom is -0.308 e. The lowest BCUT2D eigenvalue weighted by Gasteiger charge is -2.05. The Morgan fingerprint density at radius 2 is 1.95 bits per heavy atom. The molecule has 0 spiro atoms. The molecule has 0 amide bonds. The van der Waals surface area contributed by atoms with E-state index in [0.29, 0.717) is 0 Å². The zero-order chi connectivity index (χ0) is 13.2. The van der Waals surface area contributed by atoms with Crippen molar-refractivity contribution >= 4 is 0 Å². The van der Waals surface area contributed by atoms with Gasteiger partial charge in [-0.1, -0.05) is 29.3 Å². The predicted molar refractivity (Wildman–Crippen MR) is 77.1 cm³/mol. The molecule has 3 heteroatoms. The molecule has 2 aromatic rings. The smallest absolute Gasteiger partial charge is 0.0762 e. The van der Waals surface area contributed by atoms with Gasteiger partial charge in [-0.2, -0.15) is 5.10 Å². The van der Waals surface area contributed by atoms with Crippen LogP contribution in [0.15, 0.2) is 30.5 Å². The summed E-state index contributed by atoms with van der Waals surface area (Å²) in [5, 5.41) is 8.11. The molecule has 19 heavy (non-hydrogen) atoms. The first-order valence-corrected chi connectivity index (χ1v) is 7.02. The largest absolute Gasteiger partial charge is 0.308 e. The van der Waals surface area contributed by atoms with Crippen LogP contribution in [0.1, 0.15) is 35.2 Å². The van der Waals surface area contributed by atoms with Gasteiger partial charge in [0.05, 0.1) is 12.2 Å². The molecule has 100 valence electrons. The van der Waals surface area contributed by atoms with E-state index in [0.717, 1.165) is 24.8 Å². The Labute approximate surface area is 114 Å². The average molecular weight is 255 g/mol. The van der Waals surface area contributed by atoms with Crippen molar-refractivity contribution in [3.05, 3.63) is 52.8 Å². The maximum Gasteiger partial charge on any atom is 0.0762 e. The monoisotopic (exact) mass is 255 g/mol. The van der Waals surface area contributed by atoms with Crippen LogP contribution in [0, 0.1) is 13.8 Å². The number of hydrogen-bond acceptors (Lipinski definition) is 2. The molecule has 1 aliphatic rings. The molecule has 0 radical (unpaired) electrons. The van der Waals surface area contributed by atoms with E-state index in [4.69, 9.17) is 0 Å². The average Bonchev–Trinajstić information content (AvgIpc) is 3.06. The fraction of sp³-hybridized carbons (Fsp3) is 0.438. The van der Waals surface area contributed by atoms with Gasteiger partial charge >= 0.3 is 0 Å². The Morgan fingerprint density at radius 3 is 2.63 bits per heavy atom. The summed E-state index contributed by atoms with van der Waals surface area (Å²) in [5.41, 5.74) is 5.09. The summed E-state index contributed by atoms with van der Waals surface area (Å²) in [5.74, 6) is 0. The fourth-order valence-electron chi connectivity index (χ4n) is 2.47. The van der Waals surface area contributed by atoms with Gasteiger partial charge in [-0.3, -0.25) is 4.68 Å². The van der Waals surface area contributed by atoms with E-state index in [2.05, 4.69) is 54.7 Å². The normalized spacial score (nSPS) is 14.8. The first kappa shape index (κ1) is 12.4. The summed E-state index contributed by atoms with van der Waals surface area (Å²) >= 11 is 0. The minimum absolute atomic E-state index is 0.740. The number of nitrogens with one attached hydrogen (secondary N) is 1. The molecule has 3 nitrogen and oxygen atoms in total. The summed E-state index contributed by atoms with van der Waals surface area (Å²) in [6, 6.07) is 9.52. The number of hydrogen-bond donors (Lipinski definition) is 1. The van der Waals surface area contributed by atoms with Crippen LogP contribution in [0.4, 0.5) is 0 Å². The second-order valence-corrected chi connectivity index (χ2v) is 5.66. The summed E-state index contributed by atoms with van der Waals surface area (Å²) in [4.78, 5) is 0. The molecular formula is C16H21N3. The Kier molecular flexibility index (Phi) is 3.38. The zero-order valence-electron chi connectivity index (χ0n) is 11.7. The second-order valence-electron chi connectivity index (χ2n) is 5.66. The summed E-state index contributed by atoms with van der Waals surface area (Å²) in [7, 11) is 0. The van der Waals surface area contributed by atoms with Crippen LogP contribution >= 0.6 is 0 Å². The highest BCUT2D eigenvalue weighted by Gasteiger charge is 2.20. The number of aromatic nitrogens is 2. The lowest BCUT2D eigenvalue weighted by molar-refractivity contribution is 0.631. The van der Waals surface area contributed by atoms with E-state index in [-0.39, 0.29) is 0 Å². The van der Waals surface area contributed by atoms with Gasteiger partial charge in [-0.05, 0) is 38.3 Å². The van der Waals surface area contributed by atoms with E-state index in [1.807, 2.05) is 4.68 Å². The molecule has 1 N–H and O–H groups in total. The van der Waals surface area contributed by atoms with Crippen molar-refractivity contribution in [1.82, 2.24) is 15.1 Å². The third-order valence-electron chi connectivity index (χ3n) is 3.47. The van der Waals surface area contributed by atoms with Crippen molar-refractivity contribution in [2.24, 2.45) is 0 Å². The van der Waals surface area contributed by atoms with E-state index in [1.54, 1.807) is 0 Å². The van der Waals surface area contributed by atoms with Crippen LogP contribution in [0.2, 0.25) is 0 Å². The van der Waals surface area contributed by atoms with Crippen LogP contribution < -0.4 is 5.32 Å². The molecule has 0 atom stereocenters. The van der Waals surface area contributed by atoms with Crippen LogP contribution in [-0.4, -0.2) is 15.8 Å². The van der Waals surface area contributed by atoms with Gasteiger partial charge < -0.3 is 5.32 Å². The Hall–Kier alpha value is -1.61. The van der Waals surface area contributed by atoms with Gasteiger partial charge in [0, 0.05) is 18.8 Å². The highest BCUT2D eigenvalue weighted by Crippen LogP contribution is 2.19. The summed E-state index contributed by atoms with van der Waals surface area (Å²) in [6.07, 6.45) is 4.72. The van der Waals surface area contributed by atoms with E-state index in [1.165, 1.54) is 29.5 Å². The van der Waals surface area contributed by atoms with Crippen molar-refractivity contribution in [2.75, 3.05) is 0 Å². The number of rotatable bonds is 5. The molecule has 3 rings (SSSR count). The SMILES string of the molecule is Cc1cc(C)cc(Cn2ccc(CNC3CC3)n2)c1. The lowest BCUT2D eigenvalue weighted by Crippen LogP contribution is -2.16. The summed E-state index contributed by atoms with van der Waals surface area (Å²) in [6.45, 7) is 6.03. The van der Waals surface area contributed by atoms with Gasteiger partial charge in [0.1, 0.15) is 0 Å². The number of benzene rings is 1. The molecule has 1 aromatic heterocycles. The topological polar surface area (TPSA) is 29.9 Å². The number of nitrogens with zero attached hydrogens (tertiary/aromatic N) is 2. The van der Waals surface area contributed by atoms with Crippen molar-refractivity contribution < 1.29 is 0 Å². The van der Waals surface area contributed by atoms with Crippen molar-refractivity contribution in [2.45, 2.75) is 45.8 Å². The predicted octanol–water partition coefficient (Wildman–Crippen LogP) is 2.80. The molecular weight excluding hydrogens is 234 g/mol. The lowest BCUT2D eigenvalue weighted by atomic mass is 10.1. The maximum atomic E-state index is 4.62. The quantitative estimate of drug-likeness (QED) is 0.890. The van der Waals surface area contributed by atoms with Crippen LogP contribution in [-0.2, 0) is 13.1 Å². The molecule has 0 bridgehead atoms. The molecule has 1 aromatic carbocycles. The van der Waals surface area contributed by atoms with Gasteiger partial charge in [-0.15, -0.1) is 0 Å². The molecule has 0 saturated heterocycles. The molecule has 1 fully saturated rings. The first-order chi connectivity index (χ1) is 9.19. The third kappa shape index (κ3) is 3.44. The van der Waals surface area contributed by atoms with Crippen LogP contribution in [0.25, 0.3) is 0 Å². The van der Waals surface area contributed by atoms with E-state index >= 15 is 0 Å². The number of aryl methyl sites for hydroxylation is 2. The molecule has 1 heterocycles. The fourth-order valence-corrected chi connectivity index (χ4v) is 2.47. The van der Waals surface area contributed by atoms with Gasteiger partial charge in [0.25, 0.3) is 0 Å². The van der Waals surface area contributed by atoms with Crippen molar-refractivity contribution in [3.8, 4) is 0 Å². The van der Waals surface area contributed by atoms with Crippen molar-refractivity contribution in [3.63, 3.8) is 0 Å². The van der Waals surface area contributed by atoms with Crippen molar-refractivity contribution in [1.29, 1.82) is 0 Å². The van der Waals surface area contributed by atoms with E-state index in [9.17, 15) is 0 Å². The second kappa shape index (κ2) is 5.17. The zero-order valence-corrected chi connectivity index (χ0v) is 11.7. The van der Waals surface area contributed by atoms with Crippen LogP contribution in [0.3, 0.4) is 0 Å². The first-order valence-electron chi connectivity index (χ1n) is 7.02. The Bertz CT molecular complexity index is 547. The highest BCUT2D eigenvalue weighted by atomic mass is 15.3. The third-order valence-corrected chi connectivity index (χ3v) is 3.47. The maximum absolute atomic E-state index is 4.62. The van der Waals surface area contributed by atoms with Crippen LogP contribution in [0.5, 0.6) is 0 Å². The van der Waals surface area contributed by atoms with Gasteiger partial charge in [-0.25, -0.2) is 0 Å².